The summed E-state index contributed by atoms with van der Waals surface area (Å²) >= 11 is 7.41. The van der Waals surface area contributed by atoms with E-state index in [2.05, 4.69) is 4.99 Å². The van der Waals surface area contributed by atoms with Crippen molar-refractivity contribution in [3.8, 4) is 0 Å². The largest absolute Gasteiger partial charge is 0.459 e. The van der Waals surface area contributed by atoms with Gasteiger partial charge in [0.1, 0.15) is 0 Å². The van der Waals surface area contributed by atoms with Gasteiger partial charge in [-0.25, -0.2) is 9.79 Å². The van der Waals surface area contributed by atoms with E-state index in [0.717, 1.165) is 16.8 Å². The minimum atomic E-state index is -0.655. The Hall–Kier alpha value is -3.16. The van der Waals surface area contributed by atoms with Crippen LogP contribution < -0.4 is 19.8 Å². The zero-order valence-corrected chi connectivity index (χ0v) is 21.3. The van der Waals surface area contributed by atoms with E-state index >= 15 is 0 Å². The van der Waals surface area contributed by atoms with Crippen LogP contribution in [-0.2, 0) is 9.53 Å². The van der Waals surface area contributed by atoms with Gasteiger partial charge in [-0.3, -0.25) is 9.36 Å². The number of carbonyl (C=O) groups excluding carboxylic acids is 1. The summed E-state index contributed by atoms with van der Waals surface area (Å²) in [5.74, 6) is -0.482. The molecule has 8 heteroatoms. The number of ether oxygens (including phenoxy) is 1. The van der Waals surface area contributed by atoms with Crippen molar-refractivity contribution >= 4 is 40.7 Å². The molecule has 0 aliphatic carbocycles. The number of fused-ring (bicyclic) bond motifs is 1. The first kappa shape index (κ1) is 24.0. The Labute approximate surface area is 207 Å². The summed E-state index contributed by atoms with van der Waals surface area (Å²) in [7, 11) is 3.96. The first-order valence-electron chi connectivity index (χ1n) is 10.9. The van der Waals surface area contributed by atoms with Gasteiger partial charge in [0, 0.05) is 24.8 Å². The number of allylic oxidation sites excluding steroid dienone is 1. The lowest BCUT2D eigenvalue weighted by molar-refractivity contribution is -0.143. The zero-order valence-electron chi connectivity index (χ0n) is 19.7. The van der Waals surface area contributed by atoms with Crippen LogP contribution in [-0.4, -0.2) is 30.7 Å². The number of hydrogen-bond donors (Lipinski definition) is 0. The summed E-state index contributed by atoms with van der Waals surface area (Å²) in [6, 6.07) is 14.4. The van der Waals surface area contributed by atoms with Crippen LogP contribution in [0.3, 0.4) is 0 Å². The van der Waals surface area contributed by atoms with E-state index in [9.17, 15) is 9.59 Å². The van der Waals surface area contributed by atoms with Gasteiger partial charge in [0.2, 0.25) is 0 Å². The maximum Gasteiger partial charge on any atom is 0.338 e. The molecule has 0 N–H and O–H groups in total. The van der Waals surface area contributed by atoms with Crippen LogP contribution in [0, 0.1) is 0 Å². The first-order valence-corrected chi connectivity index (χ1v) is 12.1. The SMILES string of the molecule is CC1=C(C(=O)OC(C)C)C(c2ccc(Cl)cc2)n2c(s/c(=C\c3ccc(N(C)C)cc3)c2=O)=N1. The summed E-state index contributed by atoms with van der Waals surface area (Å²) in [6.45, 7) is 5.36. The third kappa shape index (κ3) is 4.72. The normalized spacial score (nSPS) is 15.9. The number of hydrogen-bond acceptors (Lipinski definition) is 6. The average molecular weight is 496 g/mol. The van der Waals surface area contributed by atoms with E-state index in [-0.39, 0.29) is 11.7 Å². The van der Waals surface area contributed by atoms with Gasteiger partial charge >= 0.3 is 5.97 Å². The van der Waals surface area contributed by atoms with Gasteiger partial charge in [0.25, 0.3) is 5.56 Å². The molecule has 1 aliphatic heterocycles. The summed E-state index contributed by atoms with van der Waals surface area (Å²) in [5.41, 5.74) is 3.43. The van der Waals surface area contributed by atoms with Crippen molar-refractivity contribution in [2.45, 2.75) is 32.9 Å². The van der Waals surface area contributed by atoms with Gasteiger partial charge in [-0.1, -0.05) is 47.2 Å². The molecule has 0 saturated carbocycles. The molecule has 0 amide bonds. The molecule has 6 nitrogen and oxygen atoms in total. The van der Waals surface area contributed by atoms with Crippen molar-refractivity contribution in [1.29, 1.82) is 0 Å². The minimum absolute atomic E-state index is 0.206. The average Bonchev–Trinajstić information content (AvgIpc) is 3.07. The lowest BCUT2D eigenvalue weighted by atomic mass is 9.96. The fraction of sp³-hybridized carbons (Fsp3) is 0.269. The first-order chi connectivity index (χ1) is 16.2. The molecule has 0 bridgehead atoms. The number of esters is 1. The molecule has 1 unspecified atom stereocenters. The predicted molar refractivity (Wildman–Crippen MR) is 137 cm³/mol. The van der Waals surface area contributed by atoms with Crippen molar-refractivity contribution < 1.29 is 9.53 Å². The molecule has 176 valence electrons. The fourth-order valence-corrected chi connectivity index (χ4v) is 5.01. The summed E-state index contributed by atoms with van der Waals surface area (Å²) in [4.78, 5) is 33.9. The third-order valence-corrected chi connectivity index (χ3v) is 6.71. The second kappa shape index (κ2) is 9.60. The number of anilines is 1. The molecule has 4 rings (SSSR count). The molecule has 0 radical (unpaired) electrons. The Morgan fingerprint density at radius 3 is 2.38 bits per heavy atom. The lowest BCUT2D eigenvalue weighted by Gasteiger charge is -2.25. The van der Waals surface area contributed by atoms with Crippen LogP contribution in [0.4, 0.5) is 5.69 Å². The van der Waals surface area contributed by atoms with Crippen LogP contribution in [0.5, 0.6) is 0 Å². The summed E-state index contributed by atoms with van der Waals surface area (Å²) in [5, 5.41) is 0.573. The predicted octanol–water partition coefficient (Wildman–Crippen LogP) is 3.91. The Bertz CT molecular complexity index is 1430. The molecular formula is C26H26ClN3O3S. The Balaban J connectivity index is 1.89. The van der Waals surface area contributed by atoms with Crippen molar-refractivity contribution in [2.75, 3.05) is 19.0 Å². The highest BCUT2D eigenvalue weighted by Gasteiger charge is 2.33. The second-order valence-electron chi connectivity index (χ2n) is 8.57. The number of nitrogens with zero attached hydrogens (tertiary/aromatic N) is 3. The maximum absolute atomic E-state index is 13.6. The monoisotopic (exact) mass is 495 g/mol. The quantitative estimate of drug-likeness (QED) is 0.503. The van der Waals surface area contributed by atoms with E-state index in [1.54, 1.807) is 37.5 Å². The highest BCUT2D eigenvalue weighted by molar-refractivity contribution is 7.07. The Morgan fingerprint density at radius 2 is 1.79 bits per heavy atom. The van der Waals surface area contributed by atoms with E-state index in [0.29, 0.717) is 25.6 Å². The van der Waals surface area contributed by atoms with E-state index in [1.807, 2.05) is 61.5 Å². The van der Waals surface area contributed by atoms with Gasteiger partial charge in [0.05, 0.1) is 27.9 Å². The van der Waals surface area contributed by atoms with Crippen LogP contribution in [0.25, 0.3) is 6.08 Å². The molecular weight excluding hydrogens is 470 g/mol. The van der Waals surface area contributed by atoms with Crippen molar-refractivity contribution in [3.05, 3.63) is 95.6 Å². The van der Waals surface area contributed by atoms with Crippen LogP contribution >= 0.6 is 22.9 Å². The van der Waals surface area contributed by atoms with Gasteiger partial charge in [-0.15, -0.1) is 0 Å². The Morgan fingerprint density at radius 1 is 1.15 bits per heavy atom. The topological polar surface area (TPSA) is 63.9 Å². The third-order valence-electron chi connectivity index (χ3n) is 5.48. The smallest absolute Gasteiger partial charge is 0.338 e. The van der Waals surface area contributed by atoms with Crippen molar-refractivity contribution in [3.63, 3.8) is 0 Å². The molecule has 3 aromatic rings. The molecule has 1 aromatic heterocycles. The van der Waals surface area contributed by atoms with E-state index in [1.165, 1.54) is 11.3 Å². The molecule has 0 saturated heterocycles. The highest BCUT2D eigenvalue weighted by Crippen LogP contribution is 2.31. The molecule has 1 atom stereocenters. The standard InChI is InChI=1S/C26H26ClN3O3S/c1-15(2)33-25(32)22-16(3)28-26-30(23(22)18-8-10-19(27)11-9-18)24(31)21(34-26)14-17-6-12-20(13-7-17)29(4)5/h6-15,23H,1-5H3/b21-14-. The number of thiazole rings is 1. The maximum atomic E-state index is 13.6. The molecule has 1 aliphatic rings. The Kier molecular flexibility index (Phi) is 6.77. The lowest BCUT2D eigenvalue weighted by Crippen LogP contribution is -2.40. The summed E-state index contributed by atoms with van der Waals surface area (Å²) in [6.07, 6.45) is 1.56. The number of halogens is 1. The van der Waals surface area contributed by atoms with Crippen LogP contribution in [0.2, 0.25) is 5.02 Å². The zero-order chi connectivity index (χ0) is 24.6. The van der Waals surface area contributed by atoms with Crippen LogP contribution in [0.1, 0.15) is 37.9 Å². The highest BCUT2D eigenvalue weighted by atomic mass is 35.5. The second-order valence-corrected chi connectivity index (χ2v) is 10.0. The molecule has 2 aromatic carbocycles. The molecule has 0 spiro atoms. The van der Waals surface area contributed by atoms with Crippen LogP contribution in [0.15, 0.2) is 69.6 Å². The van der Waals surface area contributed by atoms with Gasteiger partial charge in [-0.05, 0) is 62.2 Å². The van der Waals surface area contributed by atoms with Gasteiger partial charge in [0.15, 0.2) is 4.80 Å². The minimum Gasteiger partial charge on any atom is -0.459 e. The molecule has 0 fully saturated rings. The van der Waals surface area contributed by atoms with Crippen molar-refractivity contribution in [2.24, 2.45) is 4.99 Å². The van der Waals surface area contributed by atoms with E-state index < -0.39 is 12.0 Å². The number of carbonyl (C=O) groups is 1. The van der Waals surface area contributed by atoms with Gasteiger partial charge in [-0.2, -0.15) is 0 Å². The number of aromatic nitrogens is 1. The van der Waals surface area contributed by atoms with E-state index in [4.69, 9.17) is 16.3 Å². The molecule has 34 heavy (non-hydrogen) atoms. The van der Waals surface area contributed by atoms with Gasteiger partial charge < -0.3 is 9.64 Å². The van der Waals surface area contributed by atoms with Crippen molar-refractivity contribution in [1.82, 2.24) is 4.57 Å². The number of benzene rings is 2. The number of rotatable bonds is 5. The fourth-order valence-electron chi connectivity index (χ4n) is 3.84. The summed E-state index contributed by atoms with van der Waals surface area (Å²) < 4.78 is 7.64. The molecule has 2 heterocycles.